The van der Waals surface area contributed by atoms with Crippen LogP contribution in [0.5, 0.6) is 0 Å². The van der Waals surface area contributed by atoms with Crippen LogP contribution < -0.4 is 16.6 Å². The SMILES string of the molecule is C[C@H](NC(=O)OC(C)(C)C)c1nc2cccc(Cl)c2c(=O)n1-c1cnc(N)cn1. The molecule has 0 radical (unpaired) electrons. The Morgan fingerprint density at radius 3 is 2.62 bits per heavy atom. The topological polar surface area (TPSA) is 125 Å². The van der Waals surface area contributed by atoms with Crippen LogP contribution in [0.15, 0.2) is 35.4 Å². The van der Waals surface area contributed by atoms with Gasteiger partial charge < -0.3 is 15.8 Å². The van der Waals surface area contributed by atoms with Crippen molar-refractivity contribution in [2.75, 3.05) is 5.73 Å². The molecule has 0 fully saturated rings. The molecule has 0 bridgehead atoms. The molecule has 0 saturated heterocycles. The summed E-state index contributed by atoms with van der Waals surface area (Å²) in [6.45, 7) is 6.96. The molecule has 0 spiro atoms. The van der Waals surface area contributed by atoms with Crippen molar-refractivity contribution < 1.29 is 9.53 Å². The number of benzene rings is 1. The van der Waals surface area contributed by atoms with Gasteiger partial charge in [0.1, 0.15) is 17.2 Å². The molecule has 3 rings (SSSR count). The summed E-state index contributed by atoms with van der Waals surface area (Å²) in [6, 6.07) is 4.29. The van der Waals surface area contributed by atoms with Crippen molar-refractivity contribution >= 4 is 34.4 Å². The summed E-state index contributed by atoms with van der Waals surface area (Å²) in [6.07, 6.45) is 2.04. The van der Waals surface area contributed by atoms with Crippen LogP contribution in [0.25, 0.3) is 16.7 Å². The molecule has 9 nitrogen and oxygen atoms in total. The minimum atomic E-state index is -0.680. The standard InChI is InChI=1S/C19H21ClN6O3/c1-10(24-18(28)29-19(2,3)4)16-25-12-7-5-6-11(20)15(12)17(27)26(16)14-9-22-13(21)8-23-14/h5-10H,1-4H3,(H2,21,22)(H,24,28)/t10-/m0/s1. The first-order valence-corrected chi connectivity index (χ1v) is 9.23. The second-order valence-electron chi connectivity index (χ2n) is 7.41. The Kier molecular flexibility index (Phi) is 5.43. The summed E-state index contributed by atoms with van der Waals surface area (Å²) in [5.74, 6) is 0.649. The number of nitrogens with one attached hydrogen (secondary N) is 1. The number of ether oxygens (including phenoxy) is 1. The summed E-state index contributed by atoms with van der Waals surface area (Å²) in [7, 11) is 0. The molecule has 10 heteroatoms. The Bertz CT molecular complexity index is 1120. The molecule has 2 heterocycles. The first kappa shape index (κ1) is 20.5. The predicted octanol–water partition coefficient (Wildman–Crippen LogP) is 3.00. The summed E-state index contributed by atoms with van der Waals surface area (Å²) >= 11 is 6.24. The fourth-order valence-electron chi connectivity index (χ4n) is 2.71. The molecule has 152 valence electrons. The van der Waals surface area contributed by atoms with E-state index < -0.39 is 23.3 Å². The predicted molar refractivity (Wildman–Crippen MR) is 110 cm³/mol. The van der Waals surface area contributed by atoms with Gasteiger partial charge in [-0.05, 0) is 39.8 Å². The van der Waals surface area contributed by atoms with Crippen LogP contribution >= 0.6 is 11.6 Å². The Balaban J connectivity index is 2.17. The van der Waals surface area contributed by atoms with Crippen molar-refractivity contribution in [1.29, 1.82) is 0 Å². The third kappa shape index (κ3) is 4.45. The van der Waals surface area contributed by atoms with Gasteiger partial charge in [0.25, 0.3) is 5.56 Å². The van der Waals surface area contributed by atoms with Crippen molar-refractivity contribution in [2.45, 2.75) is 39.3 Å². The van der Waals surface area contributed by atoms with Crippen molar-refractivity contribution in [2.24, 2.45) is 0 Å². The van der Waals surface area contributed by atoms with Crippen LogP contribution in [0.1, 0.15) is 39.6 Å². The monoisotopic (exact) mass is 416 g/mol. The van der Waals surface area contributed by atoms with Crippen molar-refractivity contribution in [3.8, 4) is 5.82 Å². The highest BCUT2D eigenvalue weighted by Gasteiger charge is 2.23. The number of carbonyl (C=O) groups is 1. The number of hydrogen-bond acceptors (Lipinski definition) is 7. The van der Waals surface area contributed by atoms with Crippen molar-refractivity contribution in [3.05, 3.63) is 51.8 Å². The lowest BCUT2D eigenvalue weighted by molar-refractivity contribution is 0.0505. The minimum Gasteiger partial charge on any atom is -0.444 e. The highest BCUT2D eigenvalue weighted by atomic mass is 35.5. The summed E-state index contributed by atoms with van der Waals surface area (Å²) in [5.41, 5.74) is 4.90. The Morgan fingerprint density at radius 1 is 1.28 bits per heavy atom. The van der Waals surface area contributed by atoms with E-state index in [1.165, 1.54) is 17.0 Å². The Morgan fingerprint density at radius 2 is 2.00 bits per heavy atom. The molecule has 1 aromatic carbocycles. The second-order valence-corrected chi connectivity index (χ2v) is 7.82. The van der Waals surface area contributed by atoms with E-state index in [9.17, 15) is 9.59 Å². The number of rotatable bonds is 3. The average molecular weight is 417 g/mol. The van der Waals surface area contributed by atoms with Crippen LogP contribution in [0.4, 0.5) is 10.6 Å². The molecule has 1 atom stereocenters. The number of nitrogens with zero attached hydrogens (tertiary/aromatic N) is 4. The van der Waals surface area contributed by atoms with Gasteiger partial charge in [-0.15, -0.1) is 0 Å². The molecule has 2 aromatic heterocycles. The molecule has 1 amide bonds. The van der Waals surface area contributed by atoms with Gasteiger partial charge in [-0.2, -0.15) is 0 Å². The molecular formula is C19H21ClN6O3. The van der Waals surface area contributed by atoms with Gasteiger partial charge in [-0.3, -0.25) is 4.79 Å². The quantitative estimate of drug-likeness (QED) is 0.672. The number of halogens is 1. The first-order valence-electron chi connectivity index (χ1n) is 8.85. The van der Waals surface area contributed by atoms with E-state index in [0.717, 1.165) is 0 Å². The zero-order chi connectivity index (χ0) is 21.3. The molecule has 0 aliphatic heterocycles. The highest BCUT2D eigenvalue weighted by molar-refractivity contribution is 6.35. The lowest BCUT2D eigenvalue weighted by atomic mass is 10.2. The molecule has 0 aliphatic carbocycles. The van der Waals surface area contributed by atoms with E-state index in [1.807, 2.05) is 0 Å². The van der Waals surface area contributed by atoms with Gasteiger partial charge in [0, 0.05) is 0 Å². The fraction of sp³-hybridized carbons (Fsp3) is 0.316. The van der Waals surface area contributed by atoms with E-state index >= 15 is 0 Å². The minimum absolute atomic E-state index is 0.200. The molecule has 3 aromatic rings. The van der Waals surface area contributed by atoms with E-state index in [2.05, 4.69) is 20.3 Å². The molecule has 3 N–H and O–H groups in total. The maximum absolute atomic E-state index is 13.3. The summed E-state index contributed by atoms with van der Waals surface area (Å²) in [5, 5.41) is 3.19. The highest BCUT2D eigenvalue weighted by Crippen LogP contribution is 2.22. The largest absolute Gasteiger partial charge is 0.444 e. The zero-order valence-corrected chi connectivity index (χ0v) is 17.2. The Hall–Kier alpha value is -3.20. The molecule has 0 aliphatic rings. The number of carbonyl (C=O) groups excluding carboxylic acids is 1. The maximum atomic E-state index is 13.3. The van der Waals surface area contributed by atoms with Crippen LogP contribution in [0.2, 0.25) is 5.02 Å². The second kappa shape index (κ2) is 7.67. The lowest BCUT2D eigenvalue weighted by Gasteiger charge is -2.23. The number of hydrogen-bond donors (Lipinski definition) is 2. The fourth-order valence-corrected chi connectivity index (χ4v) is 2.96. The first-order chi connectivity index (χ1) is 13.6. The van der Waals surface area contributed by atoms with Gasteiger partial charge in [0.15, 0.2) is 5.82 Å². The summed E-state index contributed by atoms with van der Waals surface area (Å²) in [4.78, 5) is 38.2. The Labute approximate surface area is 171 Å². The van der Waals surface area contributed by atoms with Gasteiger partial charge in [-0.25, -0.2) is 24.3 Å². The normalized spacial score (nSPS) is 12.6. The number of amides is 1. The number of nitrogen functional groups attached to an aromatic ring is 1. The van der Waals surface area contributed by atoms with E-state index in [-0.39, 0.29) is 27.9 Å². The van der Waals surface area contributed by atoms with E-state index in [1.54, 1.807) is 45.9 Å². The maximum Gasteiger partial charge on any atom is 0.408 e. The smallest absolute Gasteiger partial charge is 0.408 e. The third-order valence-corrected chi connectivity index (χ3v) is 4.20. The zero-order valence-electron chi connectivity index (χ0n) is 16.4. The molecule has 0 unspecified atom stereocenters. The van der Waals surface area contributed by atoms with Gasteiger partial charge in [0.05, 0.1) is 34.4 Å². The summed E-state index contributed by atoms with van der Waals surface area (Å²) < 4.78 is 6.55. The van der Waals surface area contributed by atoms with Gasteiger partial charge in [0.2, 0.25) is 0 Å². The third-order valence-electron chi connectivity index (χ3n) is 3.88. The van der Waals surface area contributed by atoms with Gasteiger partial charge >= 0.3 is 6.09 Å². The van der Waals surface area contributed by atoms with E-state index in [4.69, 9.17) is 22.1 Å². The molecule has 29 heavy (non-hydrogen) atoms. The number of aromatic nitrogens is 4. The average Bonchev–Trinajstić information content (AvgIpc) is 2.60. The molecular weight excluding hydrogens is 396 g/mol. The lowest BCUT2D eigenvalue weighted by Crippen LogP contribution is -2.37. The van der Waals surface area contributed by atoms with E-state index in [0.29, 0.717) is 5.52 Å². The number of alkyl carbamates (subject to hydrolysis) is 1. The van der Waals surface area contributed by atoms with Crippen LogP contribution in [-0.2, 0) is 4.74 Å². The van der Waals surface area contributed by atoms with Crippen LogP contribution in [0, 0.1) is 0 Å². The van der Waals surface area contributed by atoms with Crippen LogP contribution in [-0.4, -0.2) is 31.2 Å². The van der Waals surface area contributed by atoms with Crippen molar-refractivity contribution in [3.63, 3.8) is 0 Å². The van der Waals surface area contributed by atoms with Crippen molar-refractivity contribution in [1.82, 2.24) is 24.8 Å². The number of anilines is 1. The number of nitrogens with two attached hydrogens (primary N) is 1. The number of fused-ring (bicyclic) bond motifs is 1. The molecule has 0 saturated carbocycles. The van der Waals surface area contributed by atoms with Gasteiger partial charge in [-0.1, -0.05) is 17.7 Å². The van der Waals surface area contributed by atoms with Crippen LogP contribution in [0.3, 0.4) is 0 Å².